The summed E-state index contributed by atoms with van der Waals surface area (Å²) < 4.78 is 6.38. The number of rotatable bonds is 4. The van der Waals surface area contributed by atoms with Crippen molar-refractivity contribution in [3.05, 3.63) is 28.8 Å². The predicted octanol–water partition coefficient (Wildman–Crippen LogP) is 6.20. The number of aromatic carboxylic acids is 1. The van der Waals surface area contributed by atoms with Crippen LogP contribution in [-0.2, 0) is 10.8 Å². The molecule has 4 fully saturated rings. The summed E-state index contributed by atoms with van der Waals surface area (Å²) in [5.74, 6) is 2.30. The quantitative estimate of drug-likeness (QED) is 0.588. The van der Waals surface area contributed by atoms with Gasteiger partial charge in [-0.05, 0) is 86.4 Å². The van der Waals surface area contributed by atoms with E-state index in [9.17, 15) is 9.90 Å². The molecule has 0 unspecified atom stereocenters. The maximum Gasteiger partial charge on any atom is 0.339 e. The van der Waals surface area contributed by atoms with E-state index in [0.29, 0.717) is 11.3 Å². The van der Waals surface area contributed by atoms with Crippen LogP contribution in [0.15, 0.2) is 12.1 Å². The van der Waals surface area contributed by atoms with E-state index < -0.39 is 15.0 Å². The second kappa shape index (κ2) is 7.35. The normalized spacial score (nSPS) is 31.0. The molecular weight excluding hydrogens is 388 g/mol. The molecule has 5 rings (SSSR count). The Morgan fingerprint density at radius 2 is 1.57 bits per heavy atom. The van der Waals surface area contributed by atoms with Gasteiger partial charge in [-0.3, -0.25) is 0 Å². The Morgan fingerprint density at radius 1 is 1.07 bits per heavy atom. The van der Waals surface area contributed by atoms with E-state index in [1.54, 1.807) is 6.07 Å². The van der Waals surface area contributed by atoms with Crippen LogP contribution in [0.5, 0.6) is 5.75 Å². The second-order valence-corrected chi connectivity index (χ2v) is 12.6. The van der Waals surface area contributed by atoms with Crippen molar-refractivity contribution in [1.29, 1.82) is 0 Å². The van der Waals surface area contributed by atoms with Crippen molar-refractivity contribution in [2.75, 3.05) is 0 Å². The molecule has 1 aromatic carbocycles. The van der Waals surface area contributed by atoms with Crippen molar-refractivity contribution in [3.63, 3.8) is 0 Å². The molecule has 1 aromatic rings. The van der Waals surface area contributed by atoms with E-state index in [1.807, 2.05) is 0 Å². The lowest BCUT2D eigenvalue weighted by Gasteiger charge is -2.58. The molecule has 1 N–H and O–H groups in total. The third kappa shape index (κ3) is 3.63. The molecule has 28 heavy (non-hydrogen) atoms. The van der Waals surface area contributed by atoms with Crippen molar-refractivity contribution < 1.29 is 14.3 Å². The molecule has 0 amide bonds. The molecule has 4 aliphatic carbocycles. The number of hydrogen-bond donors (Lipinski definition) is 1. The van der Waals surface area contributed by atoms with Crippen LogP contribution >= 0.6 is 12.4 Å². The lowest BCUT2D eigenvalue weighted by molar-refractivity contribution is -0.00662. The first-order chi connectivity index (χ1) is 12.6. The average Bonchev–Trinajstić information content (AvgIpc) is 2.51. The van der Waals surface area contributed by atoms with Crippen LogP contribution in [0.1, 0.15) is 80.8 Å². The summed E-state index contributed by atoms with van der Waals surface area (Å²) in [6, 6.07) is 3.87. The van der Waals surface area contributed by atoms with Gasteiger partial charge in [0.2, 0.25) is 0 Å². The SMILES string of the molecule is C[Si](C)Oc1c(C(=O)O)ccc(C(C)(C)C)c1C12CC3CC(CC(C3)C1)C2.Cl. The fourth-order valence-electron chi connectivity index (χ4n) is 6.63. The monoisotopic (exact) mass is 421 g/mol. The topological polar surface area (TPSA) is 46.5 Å². The largest absolute Gasteiger partial charge is 0.542 e. The summed E-state index contributed by atoms with van der Waals surface area (Å²) in [4.78, 5) is 12.1. The predicted molar refractivity (Wildman–Crippen MR) is 117 cm³/mol. The Labute approximate surface area is 177 Å². The fourth-order valence-corrected chi connectivity index (χ4v) is 7.25. The van der Waals surface area contributed by atoms with Gasteiger partial charge in [-0.1, -0.05) is 26.8 Å². The van der Waals surface area contributed by atoms with Gasteiger partial charge in [0.1, 0.15) is 11.3 Å². The van der Waals surface area contributed by atoms with E-state index in [1.165, 1.54) is 49.7 Å². The summed E-state index contributed by atoms with van der Waals surface area (Å²) in [7, 11) is -1.06. The maximum atomic E-state index is 12.1. The van der Waals surface area contributed by atoms with E-state index in [0.717, 1.165) is 17.8 Å². The Morgan fingerprint density at radius 3 is 1.96 bits per heavy atom. The van der Waals surface area contributed by atoms with Crippen LogP contribution in [0, 0.1) is 17.8 Å². The molecule has 1 radical (unpaired) electrons. The van der Waals surface area contributed by atoms with Crippen LogP contribution in [0.3, 0.4) is 0 Å². The van der Waals surface area contributed by atoms with Crippen LogP contribution in [0.4, 0.5) is 0 Å². The van der Waals surface area contributed by atoms with Gasteiger partial charge in [-0.2, -0.15) is 0 Å². The van der Waals surface area contributed by atoms with E-state index in [4.69, 9.17) is 4.43 Å². The fraction of sp³-hybridized carbons (Fsp3) is 0.696. The van der Waals surface area contributed by atoms with Crippen molar-refractivity contribution >= 4 is 27.4 Å². The summed E-state index contributed by atoms with van der Waals surface area (Å²) in [5, 5.41) is 9.91. The molecule has 0 aliphatic heterocycles. The first kappa shape index (κ1) is 21.7. The minimum Gasteiger partial charge on any atom is -0.542 e. The molecule has 5 heteroatoms. The van der Waals surface area contributed by atoms with Crippen LogP contribution < -0.4 is 4.43 Å². The van der Waals surface area contributed by atoms with Gasteiger partial charge in [0.05, 0.1) is 0 Å². The summed E-state index contributed by atoms with van der Waals surface area (Å²) in [6.45, 7) is 11.0. The van der Waals surface area contributed by atoms with Crippen molar-refractivity contribution in [3.8, 4) is 5.75 Å². The zero-order valence-corrected chi connectivity index (χ0v) is 19.6. The maximum absolute atomic E-state index is 12.1. The molecule has 4 saturated carbocycles. The highest BCUT2D eigenvalue weighted by atomic mass is 35.5. The van der Waals surface area contributed by atoms with Gasteiger partial charge in [-0.15, -0.1) is 12.4 Å². The highest BCUT2D eigenvalue weighted by molar-refractivity contribution is 6.49. The lowest BCUT2D eigenvalue weighted by Crippen LogP contribution is -2.49. The molecule has 4 aliphatic rings. The second-order valence-electron chi connectivity index (χ2n) is 10.6. The molecule has 0 aromatic heterocycles. The Bertz CT molecular complexity index is 731. The lowest BCUT2D eigenvalue weighted by atomic mass is 9.47. The number of hydrogen-bond acceptors (Lipinski definition) is 2. The zero-order chi connectivity index (χ0) is 19.6. The highest BCUT2D eigenvalue weighted by Gasteiger charge is 2.54. The number of halogens is 1. The molecule has 0 saturated heterocycles. The smallest absolute Gasteiger partial charge is 0.339 e. The number of carboxylic acid groups (broad SMARTS) is 1. The number of carboxylic acids is 1. The van der Waals surface area contributed by atoms with Crippen molar-refractivity contribution in [2.45, 2.75) is 83.2 Å². The zero-order valence-electron chi connectivity index (χ0n) is 17.8. The van der Waals surface area contributed by atoms with Gasteiger partial charge in [0.15, 0.2) is 0 Å². The molecule has 4 bridgehead atoms. The molecule has 0 heterocycles. The Balaban J connectivity index is 0.00000225. The first-order valence-electron chi connectivity index (χ1n) is 10.5. The van der Waals surface area contributed by atoms with Crippen LogP contribution in [-0.4, -0.2) is 20.1 Å². The standard InChI is InChI=1S/C23H33O3Si.ClH/c1-22(2,3)18-7-6-17(21(24)25)20(26-27(4)5)19(18)23-11-14-8-15(12-23)10-16(9-14)13-23;/h6-7,14-16H,8-13H2,1-5H3,(H,24,25);1H. The van der Waals surface area contributed by atoms with Gasteiger partial charge in [0.25, 0.3) is 9.04 Å². The molecule has 0 atom stereocenters. The van der Waals surface area contributed by atoms with Gasteiger partial charge >= 0.3 is 5.97 Å². The molecule has 0 spiro atoms. The van der Waals surface area contributed by atoms with Crippen molar-refractivity contribution in [1.82, 2.24) is 0 Å². The van der Waals surface area contributed by atoms with Crippen molar-refractivity contribution in [2.24, 2.45) is 17.8 Å². The van der Waals surface area contributed by atoms with Gasteiger partial charge in [0, 0.05) is 11.0 Å². The summed E-state index contributed by atoms with van der Waals surface area (Å²) in [5.41, 5.74) is 3.02. The molecule has 155 valence electrons. The van der Waals surface area contributed by atoms with E-state index in [2.05, 4.69) is 39.9 Å². The third-order valence-corrected chi connectivity index (χ3v) is 7.68. The third-order valence-electron chi connectivity index (χ3n) is 7.07. The van der Waals surface area contributed by atoms with Crippen LogP contribution in [0.2, 0.25) is 13.1 Å². The summed E-state index contributed by atoms with van der Waals surface area (Å²) >= 11 is 0. The minimum atomic E-state index is -1.06. The van der Waals surface area contributed by atoms with Gasteiger partial charge < -0.3 is 9.53 Å². The van der Waals surface area contributed by atoms with E-state index >= 15 is 0 Å². The van der Waals surface area contributed by atoms with Gasteiger partial charge in [-0.25, -0.2) is 4.79 Å². The first-order valence-corrected chi connectivity index (χ1v) is 12.9. The van der Waals surface area contributed by atoms with Crippen LogP contribution in [0.25, 0.3) is 0 Å². The Hall–Kier alpha value is -1.00. The number of carbonyl (C=O) groups is 1. The molecule has 3 nitrogen and oxygen atoms in total. The average molecular weight is 422 g/mol. The minimum absolute atomic E-state index is 0. The summed E-state index contributed by atoms with van der Waals surface area (Å²) in [6.07, 6.45) is 7.81. The molecular formula is C23H34ClO3Si. The van der Waals surface area contributed by atoms with E-state index in [-0.39, 0.29) is 23.2 Å². The Kier molecular flexibility index (Phi) is 5.70. The number of benzene rings is 1. The highest BCUT2D eigenvalue weighted by Crippen LogP contribution is 2.63.